The molecule has 0 unspecified atom stereocenters. The Hall–Kier alpha value is -1.02. The van der Waals surface area contributed by atoms with Crippen LogP contribution in [0.15, 0.2) is 30.3 Å². The van der Waals surface area contributed by atoms with Gasteiger partial charge in [-0.05, 0) is 43.6 Å². The van der Waals surface area contributed by atoms with Gasteiger partial charge in [-0.3, -0.25) is 4.79 Å². The molecule has 104 valence electrons. The maximum atomic E-state index is 11.5. The summed E-state index contributed by atoms with van der Waals surface area (Å²) in [6.45, 7) is 1.78. The summed E-state index contributed by atoms with van der Waals surface area (Å²) in [6.07, 6.45) is 5.96. The average Bonchev–Trinajstić information content (AvgIpc) is 2.48. The molecule has 19 heavy (non-hydrogen) atoms. The molecule has 0 aromatic heterocycles. The van der Waals surface area contributed by atoms with Gasteiger partial charge in [0, 0.05) is 13.1 Å². The summed E-state index contributed by atoms with van der Waals surface area (Å²) in [7, 11) is 0. The van der Waals surface area contributed by atoms with Crippen LogP contribution in [-0.2, 0) is 11.2 Å². The molecule has 1 amide bonds. The van der Waals surface area contributed by atoms with Crippen LogP contribution in [0.2, 0.25) is 0 Å². The molecule has 0 bridgehead atoms. The molecule has 0 N–H and O–H groups in total. The van der Waals surface area contributed by atoms with Gasteiger partial charge in [0.25, 0.3) is 0 Å². The predicted octanol–water partition coefficient (Wildman–Crippen LogP) is 3.49. The van der Waals surface area contributed by atoms with Crippen molar-refractivity contribution in [3.8, 4) is 0 Å². The molecule has 1 heterocycles. The fraction of sp³-hybridized carbons (Fsp3) is 0.562. The largest absolute Gasteiger partial charge is 0.342 e. The second-order valence-corrected chi connectivity index (χ2v) is 5.60. The molecule has 0 aliphatic carbocycles. The topological polar surface area (TPSA) is 20.3 Å². The third kappa shape index (κ3) is 4.54. The van der Waals surface area contributed by atoms with Gasteiger partial charge in [-0.1, -0.05) is 30.3 Å². The summed E-state index contributed by atoms with van der Waals surface area (Å²) in [4.78, 5) is 13.4. The summed E-state index contributed by atoms with van der Waals surface area (Å²) in [6, 6.07) is 10.7. The Morgan fingerprint density at radius 1 is 1.21 bits per heavy atom. The summed E-state index contributed by atoms with van der Waals surface area (Å²) < 4.78 is 0. The quantitative estimate of drug-likeness (QED) is 0.756. The van der Waals surface area contributed by atoms with Gasteiger partial charge in [0.15, 0.2) is 0 Å². The highest BCUT2D eigenvalue weighted by Gasteiger charge is 2.21. The van der Waals surface area contributed by atoms with Gasteiger partial charge in [-0.25, -0.2) is 0 Å². The Balaban J connectivity index is 1.65. The van der Waals surface area contributed by atoms with Gasteiger partial charge in [0.1, 0.15) is 5.88 Å². The summed E-state index contributed by atoms with van der Waals surface area (Å²) in [5.74, 6) is 0.992. The first-order valence-corrected chi connectivity index (χ1v) is 7.70. The van der Waals surface area contributed by atoms with Crippen LogP contribution in [0, 0.1) is 5.92 Å². The van der Waals surface area contributed by atoms with Crippen LogP contribution in [0.5, 0.6) is 0 Å². The van der Waals surface area contributed by atoms with Gasteiger partial charge < -0.3 is 4.90 Å². The van der Waals surface area contributed by atoms with Gasteiger partial charge >= 0.3 is 0 Å². The summed E-state index contributed by atoms with van der Waals surface area (Å²) >= 11 is 5.58. The van der Waals surface area contributed by atoms with Crippen LogP contribution in [0.1, 0.15) is 31.2 Å². The second kappa shape index (κ2) is 7.54. The Kier molecular flexibility index (Phi) is 5.71. The average molecular weight is 280 g/mol. The number of hydrogen-bond donors (Lipinski definition) is 0. The molecule has 1 fully saturated rings. The highest BCUT2D eigenvalue weighted by molar-refractivity contribution is 6.27. The fourth-order valence-electron chi connectivity index (χ4n) is 2.80. The SMILES string of the molecule is O=C(CCl)N1CCC(CCCc2ccccc2)CC1. The van der Waals surface area contributed by atoms with E-state index in [0.717, 1.165) is 31.8 Å². The molecule has 1 aliphatic rings. The van der Waals surface area contributed by atoms with E-state index in [2.05, 4.69) is 30.3 Å². The van der Waals surface area contributed by atoms with Crippen molar-refractivity contribution in [1.29, 1.82) is 0 Å². The molecule has 0 spiro atoms. The Bertz CT molecular complexity index is 385. The summed E-state index contributed by atoms with van der Waals surface area (Å²) in [5, 5.41) is 0. The number of nitrogens with zero attached hydrogens (tertiary/aromatic N) is 1. The van der Waals surface area contributed by atoms with Gasteiger partial charge in [0.05, 0.1) is 0 Å². The lowest BCUT2D eigenvalue weighted by atomic mass is 9.91. The van der Waals surface area contributed by atoms with E-state index in [-0.39, 0.29) is 11.8 Å². The van der Waals surface area contributed by atoms with Crippen LogP contribution in [-0.4, -0.2) is 29.8 Å². The van der Waals surface area contributed by atoms with Crippen LogP contribution < -0.4 is 0 Å². The van der Waals surface area contributed by atoms with Gasteiger partial charge in [-0.2, -0.15) is 0 Å². The van der Waals surface area contributed by atoms with Crippen molar-refractivity contribution in [3.05, 3.63) is 35.9 Å². The molecule has 3 heteroatoms. The van der Waals surface area contributed by atoms with Gasteiger partial charge in [0.2, 0.25) is 5.91 Å². The number of carbonyl (C=O) groups excluding carboxylic acids is 1. The minimum absolute atomic E-state index is 0.0874. The lowest BCUT2D eigenvalue weighted by Crippen LogP contribution is -2.39. The maximum absolute atomic E-state index is 11.5. The highest BCUT2D eigenvalue weighted by atomic mass is 35.5. The first-order chi connectivity index (χ1) is 9.29. The molecule has 0 saturated carbocycles. The monoisotopic (exact) mass is 279 g/mol. The zero-order chi connectivity index (χ0) is 13.5. The van der Waals surface area contributed by atoms with Crippen LogP contribution in [0.25, 0.3) is 0 Å². The number of benzene rings is 1. The fourth-order valence-corrected chi connectivity index (χ4v) is 2.96. The molecule has 0 atom stereocenters. The lowest BCUT2D eigenvalue weighted by molar-refractivity contribution is -0.129. The number of rotatable bonds is 5. The number of piperidine rings is 1. The van der Waals surface area contributed by atoms with Crippen molar-refractivity contribution in [1.82, 2.24) is 4.90 Å². The molecule has 1 saturated heterocycles. The zero-order valence-corrected chi connectivity index (χ0v) is 12.1. The molecule has 1 aromatic carbocycles. The first-order valence-electron chi connectivity index (χ1n) is 7.17. The first kappa shape index (κ1) is 14.4. The number of carbonyl (C=O) groups is 1. The van der Waals surface area contributed by atoms with E-state index in [1.807, 2.05) is 4.90 Å². The predicted molar refractivity (Wildman–Crippen MR) is 79.4 cm³/mol. The third-order valence-electron chi connectivity index (χ3n) is 4.00. The normalized spacial score (nSPS) is 16.6. The van der Waals surface area contributed by atoms with E-state index >= 15 is 0 Å². The van der Waals surface area contributed by atoms with E-state index in [4.69, 9.17) is 11.6 Å². The van der Waals surface area contributed by atoms with Crippen molar-refractivity contribution in [2.75, 3.05) is 19.0 Å². The highest BCUT2D eigenvalue weighted by Crippen LogP contribution is 2.23. The zero-order valence-electron chi connectivity index (χ0n) is 11.4. The Morgan fingerprint density at radius 3 is 2.53 bits per heavy atom. The van der Waals surface area contributed by atoms with Gasteiger partial charge in [-0.15, -0.1) is 11.6 Å². The van der Waals surface area contributed by atoms with E-state index in [9.17, 15) is 4.79 Å². The van der Waals surface area contributed by atoms with Crippen molar-refractivity contribution in [3.63, 3.8) is 0 Å². The Labute approximate surface area is 120 Å². The number of aryl methyl sites for hydroxylation is 1. The van der Waals surface area contributed by atoms with Crippen molar-refractivity contribution in [2.45, 2.75) is 32.1 Å². The lowest BCUT2D eigenvalue weighted by Gasteiger charge is -2.31. The molecule has 1 aliphatic heterocycles. The van der Waals surface area contributed by atoms with Crippen LogP contribution in [0.3, 0.4) is 0 Å². The molecule has 0 radical (unpaired) electrons. The number of hydrogen-bond acceptors (Lipinski definition) is 1. The van der Waals surface area contributed by atoms with E-state index in [1.54, 1.807) is 0 Å². The molecule has 2 rings (SSSR count). The van der Waals surface area contributed by atoms with Crippen LogP contribution >= 0.6 is 11.6 Å². The molecular weight excluding hydrogens is 258 g/mol. The number of halogens is 1. The standard InChI is InChI=1S/C16H22ClNO/c17-13-16(19)18-11-9-15(10-12-18)8-4-7-14-5-2-1-3-6-14/h1-3,5-6,15H,4,7-13H2. The van der Waals surface area contributed by atoms with Crippen molar-refractivity contribution < 1.29 is 4.79 Å². The number of alkyl halides is 1. The number of amides is 1. The van der Waals surface area contributed by atoms with E-state index in [0.29, 0.717) is 0 Å². The van der Waals surface area contributed by atoms with E-state index in [1.165, 1.54) is 24.8 Å². The van der Waals surface area contributed by atoms with Crippen molar-refractivity contribution in [2.24, 2.45) is 5.92 Å². The minimum Gasteiger partial charge on any atom is -0.342 e. The molecule has 1 aromatic rings. The smallest absolute Gasteiger partial charge is 0.237 e. The summed E-state index contributed by atoms with van der Waals surface area (Å²) in [5.41, 5.74) is 1.43. The second-order valence-electron chi connectivity index (χ2n) is 5.34. The minimum atomic E-state index is 0.0874. The Morgan fingerprint density at radius 2 is 1.89 bits per heavy atom. The number of likely N-dealkylation sites (tertiary alicyclic amines) is 1. The third-order valence-corrected chi connectivity index (χ3v) is 4.23. The van der Waals surface area contributed by atoms with E-state index < -0.39 is 0 Å². The molecular formula is C16H22ClNO. The molecule has 2 nitrogen and oxygen atoms in total. The maximum Gasteiger partial charge on any atom is 0.237 e. The van der Waals surface area contributed by atoms with Crippen molar-refractivity contribution >= 4 is 17.5 Å². The van der Waals surface area contributed by atoms with Crippen LogP contribution in [0.4, 0.5) is 0 Å².